The predicted octanol–water partition coefficient (Wildman–Crippen LogP) is 3.51. The van der Waals surface area contributed by atoms with Crippen LogP contribution in [0.25, 0.3) is 0 Å². The largest absolute Gasteiger partial charge is 0.378 e. The van der Waals surface area contributed by atoms with Gasteiger partial charge in [0.2, 0.25) is 0 Å². The van der Waals surface area contributed by atoms with Crippen LogP contribution in [0.3, 0.4) is 0 Å². The second-order valence-corrected chi connectivity index (χ2v) is 8.10. The van der Waals surface area contributed by atoms with Gasteiger partial charge in [-0.25, -0.2) is 4.39 Å². The summed E-state index contributed by atoms with van der Waals surface area (Å²) in [5.41, 5.74) is 7.49. The minimum atomic E-state index is -0.144. The average molecular weight is 384 g/mol. The van der Waals surface area contributed by atoms with Gasteiger partial charge in [-0.15, -0.1) is 5.10 Å². The first-order valence-electron chi connectivity index (χ1n) is 10.3. The van der Waals surface area contributed by atoms with Crippen molar-refractivity contribution in [1.82, 2.24) is 10.2 Å². The summed E-state index contributed by atoms with van der Waals surface area (Å²) in [7, 11) is 0. The van der Waals surface area contributed by atoms with Gasteiger partial charge in [-0.3, -0.25) is 0 Å². The highest BCUT2D eigenvalue weighted by molar-refractivity contribution is 5.37. The second-order valence-electron chi connectivity index (χ2n) is 8.10. The smallest absolute Gasteiger partial charge is 0.151 e. The Kier molecular flexibility index (Phi) is 6.17. The molecule has 2 aliphatic rings. The molecule has 4 rings (SSSR count). The third-order valence-corrected chi connectivity index (χ3v) is 6.22. The fourth-order valence-electron chi connectivity index (χ4n) is 4.48. The Labute approximate surface area is 166 Å². The van der Waals surface area contributed by atoms with E-state index in [1.807, 2.05) is 18.2 Å². The lowest BCUT2D eigenvalue weighted by Gasteiger charge is -2.38. The van der Waals surface area contributed by atoms with E-state index in [1.54, 1.807) is 18.3 Å². The Morgan fingerprint density at radius 3 is 2.71 bits per heavy atom. The van der Waals surface area contributed by atoms with Crippen molar-refractivity contribution in [3.63, 3.8) is 0 Å². The summed E-state index contributed by atoms with van der Waals surface area (Å²) in [6.45, 7) is 2.46. The van der Waals surface area contributed by atoms with Gasteiger partial charge in [-0.1, -0.05) is 12.1 Å². The Hall–Kier alpha value is -2.05. The van der Waals surface area contributed by atoms with Gasteiger partial charge >= 0.3 is 0 Å². The molecule has 5 nitrogen and oxygen atoms in total. The van der Waals surface area contributed by atoms with Crippen LogP contribution in [0.15, 0.2) is 42.6 Å². The van der Waals surface area contributed by atoms with Gasteiger partial charge in [0.1, 0.15) is 5.82 Å². The highest BCUT2D eigenvalue weighted by Crippen LogP contribution is 2.34. The molecule has 0 spiro atoms. The van der Waals surface area contributed by atoms with Crippen LogP contribution < -0.4 is 10.6 Å². The number of benzene rings is 1. The molecular weight excluding hydrogens is 355 g/mol. The first-order valence-corrected chi connectivity index (χ1v) is 10.3. The van der Waals surface area contributed by atoms with Crippen LogP contribution in [0.1, 0.15) is 43.6 Å². The normalized spacial score (nSPS) is 28.3. The highest BCUT2D eigenvalue weighted by Gasteiger charge is 2.30. The first-order chi connectivity index (χ1) is 13.7. The van der Waals surface area contributed by atoms with Crippen molar-refractivity contribution in [2.24, 2.45) is 11.7 Å². The molecular formula is C22H29FN4O. The maximum atomic E-state index is 13.5. The van der Waals surface area contributed by atoms with Crippen molar-refractivity contribution in [3.8, 4) is 0 Å². The minimum Gasteiger partial charge on any atom is -0.378 e. The zero-order chi connectivity index (χ0) is 19.3. The summed E-state index contributed by atoms with van der Waals surface area (Å²) in [6, 6.07) is 11.1. The van der Waals surface area contributed by atoms with E-state index in [9.17, 15) is 4.39 Å². The van der Waals surface area contributed by atoms with E-state index in [4.69, 9.17) is 10.5 Å². The van der Waals surface area contributed by atoms with Crippen molar-refractivity contribution < 1.29 is 9.13 Å². The average Bonchev–Trinajstić information content (AvgIpc) is 2.74. The molecule has 0 amide bonds. The standard InChI is InChI=1S/C22H29FN4O/c23-19-4-1-3-17(13-19)16-6-8-20(9-7-16)28-15-18-14-27(12-10-21(18)24)22-5-2-11-25-26-22/h1-5,11,13,16,18,20-21H,6-10,12,14-15,24H2/t16-,18?,20+,21-/m0/s1. The molecule has 0 bridgehead atoms. The number of rotatable bonds is 5. The van der Waals surface area contributed by atoms with Crippen molar-refractivity contribution >= 4 is 5.82 Å². The van der Waals surface area contributed by atoms with Gasteiger partial charge in [0, 0.05) is 31.2 Å². The molecule has 1 saturated carbocycles. The third-order valence-electron chi connectivity index (χ3n) is 6.22. The maximum absolute atomic E-state index is 13.5. The molecule has 1 aliphatic heterocycles. The first kappa shape index (κ1) is 19.3. The molecule has 1 aromatic carbocycles. The van der Waals surface area contributed by atoms with Crippen LogP contribution in [0.2, 0.25) is 0 Å². The van der Waals surface area contributed by atoms with Crippen LogP contribution in [0, 0.1) is 11.7 Å². The number of nitrogens with zero attached hydrogens (tertiary/aromatic N) is 3. The molecule has 2 N–H and O–H groups in total. The molecule has 2 fully saturated rings. The Bertz CT molecular complexity index is 751. The Balaban J connectivity index is 1.26. The van der Waals surface area contributed by atoms with Gasteiger partial charge in [0.15, 0.2) is 5.82 Å². The highest BCUT2D eigenvalue weighted by atomic mass is 19.1. The molecule has 150 valence electrons. The van der Waals surface area contributed by atoms with Gasteiger partial charge in [-0.2, -0.15) is 5.10 Å². The van der Waals surface area contributed by atoms with E-state index in [0.29, 0.717) is 18.4 Å². The summed E-state index contributed by atoms with van der Waals surface area (Å²) in [5.74, 6) is 1.51. The van der Waals surface area contributed by atoms with E-state index in [1.165, 1.54) is 6.07 Å². The molecule has 6 heteroatoms. The lowest BCUT2D eigenvalue weighted by molar-refractivity contribution is -0.00103. The Morgan fingerprint density at radius 1 is 1.11 bits per heavy atom. The van der Waals surface area contributed by atoms with E-state index >= 15 is 0 Å². The predicted molar refractivity (Wildman–Crippen MR) is 108 cm³/mol. The monoisotopic (exact) mass is 384 g/mol. The van der Waals surface area contributed by atoms with Crippen molar-refractivity contribution in [2.75, 3.05) is 24.6 Å². The molecule has 1 unspecified atom stereocenters. The summed E-state index contributed by atoms with van der Waals surface area (Å²) in [5, 5.41) is 8.21. The number of aromatic nitrogens is 2. The zero-order valence-corrected chi connectivity index (χ0v) is 16.2. The summed E-state index contributed by atoms with van der Waals surface area (Å²) < 4.78 is 19.7. The molecule has 1 saturated heterocycles. The fourth-order valence-corrected chi connectivity index (χ4v) is 4.48. The molecule has 0 radical (unpaired) electrons. The molecule has 28 heavy (non-hydrogen) atoms. The van der Waals surface area contributed by atoms with Crippen LogP contribution in [0.4, 0.5) is 10.2 Å². The molecule has 2 aromatic rings. The summed E-state index contributed by atoms with van der Waals surface area (Å²) in [4.78, 5) is 2.26. The van der Waals surface area contributed by atoms with Gasteiger partial charge < -0.3 is 15.4 Å². The van der Waals surface area contributed by atoms with E-state index in [2.05, 4.69) is 15.1 Å². The number of piperidine rings is 1. The molecule has 1 aromatic heterocycles. The van der Waals surface area contributed by atoms with Crippen LogP contribution in [0.5, 0.6) is 0 Å². The quantitative estimate of drug-likeness (QED) is 0.855. The van der Waals surface area contributed by atoms with Gasteiger partial charge in [0.25, 0.3) is 0 Å². The van der Waals surface area contributed by atoms with E-state index in [-0.39, 0.29) is 18.0 Å². The maximum Gasteiger partial charge on any atom is 0.151 e. The summed E-state index contributed by atoms with van der Waals surface area (Å²) in [6.07, 6.45) is 7.07. The second kappa shape index (κ2) is 8.97. The van der Waals surface area contributed by atoms with Gasteiger partial charge in [0.05, 0.1) is 12.7 Å². The van der Waals surface area contributed by atoms with Crippen molar-refractivity contribution in [2.45, 2.75) is 50.2 Å². The van der Waals surface area contributed by atoms with Crippen molar-refractivity contribution in [3.05, 3.63) is 54.0 Å². The number of halogens is 1. The fraction of sp³-hybridized carbons (Fsp3) is 0.545. The number of nitrogens with two attached hydrogens (primary N) is 1. The number of anilines is 1. The lowest BCUT2D eigenvalue weighted by Crippen LogP contribution is -2.49. The Morgan fingerprint density at radius 2 is 1.96 bits per heavy atom. The van der Waals surface area contributed by atoms with Crippen molar-refractivity contribution in [1.29, 1.82) is 0 Å². The number of ether oxygens (including phenoxy) is 1. The third kappa shape index (κ3) is 4.67. The molecule has 1 aliphatic carbocycles. The molecule has 2 heterocycles. The van der Waals surface area contributed by atoms with E-state index < -0.39 is 0 Å². The number of hydrogen-bond acceptors (Lipinski definition) is 5. The number of hydrogen-bond donors (Lipinski definition) is 1. The SMILES string of the molecule is N[C@H]1CCN(c2cccnn2)CC1CO[C@H]1CC[C@@H](c2cccc(F)c2)CC1. The van der Waals surface area contributed by atoms with Crippen LogP contribution in [-0.4, -0.2) is 42.0 Å². The van der Waals surface area contributed by atoms with E-state index in [0.717, 1.165) is 56.6 Å². The van der Waals surface area contributed by atoms with Gasteiger partial charge in [-0.05, 0) is 67.9 Å². The summed E-state index contributed by atoms with van der Waals surface area (Å²) >= 11 is 0. The molecule has 2 atom stereocenters. The lowest BCUT2D eigenvalue weighted by atomic mass is 9.82. The van der Waals surface area contributed by atoms with Crippen LogP contribution in [-0.2, 0) is 4.74 Å². The van der Waals surface area contributed by atoms with Crippen LogP contribution >= 0.6 is 0 Å². The minimum absolute atomic E-state index is 0.144. The topological polar surface area (TPSA) is 64.3 Å². The zero-order valence-electron chi connectivity index (χ0n) is 16.2.